The van der Waals surface area contributed by atoms with E-state index in [4.69, 9.17) is 5.73 Å². The quantitative estimate of drug-likeness (QED) is 0.639. The van der Waals surface area contributed by atoms with Crippen molar-refractivity contribution in [3.8, 4) is 0 Å². The zero-order valence-corrected chi connectivity index (χ0v) is 11.1. The maximum Gasteiger partial charge on any atom is 0.0517 e. The van der Waals surface area contributed by atoms with Crippen molar-refractivity contribution in [1.82, 2.24) is 0 Å². The van der Waals surface area contributed by atoms with Crippen molar-refractivity contribution in [1.29, 1.82) is 0 Å². The number of halogens is 2. The predicted octanol–water partition coefficient (Wildman–Crippen LogP) is 3.63. The van der Waals surface area contributed by atoms with E-state index >= 15 is 0 Å². The Morgan fingerprint density at radius 1 is 1.62 bits per heavy atom. The average Bonchev–Trinajstić information content (AvgIpc) is 2.08. The van der Waals surface area contributed by atoms with Gasteiger partial charge in [0.1, 0.15) is 0 Å². The van der Waals surface area contributed by atoms with Gasteiger partial charge in [-0.15, -0.1) is 0 Å². The van der Waals surface area contributed by atoms with Gasteiger partial charge in [0, 0.05) is 8.04 Å². The molecule has 1 nitrogen and oxygen atoms in total. The molecule has 2 N–H and O–H groups in total. The summed E-state index contributed by atoms with van der Waals surface area (Å²) in [5.41, 5.74) is 8.05. The molecule has 0 aliphatic heterocycles. The van der Waals surface area contributed by atoms with Crippen LogP contribution in [-0.4, -0.2) is 0 Å². The zero-order chi connectivity index (χ0) is 10.0. The van der Waals surface area contributed by atoms with E-state index in [9.17, 15) is 0 Å². The van der Waals surface area contributed by atoms with Crippen molar-refractivity contribution in [3.05, 3.63) is 44.0 Å². The highest BCUT2D eigenvalue weighted by molar-refractivity contribution is 14.1. The first-order valence-corrected chi connectivity index (χ1v) is 5.75. The topological polar surface area (TPSA) is 26.0 Å². The molecule has 1 rings (SSSR count). The van der Waals surface area contributed by atoms with E-state index in [1.165, 1.54) is 3.57 Å². The van der Waals surface area contributed by atoms with E-state index in [1.54, 1.807) is 0 Å². The molecule has 0 fully saturated rings. The Bertz CT molecular complexity index is 336. The van der Waals surface area contributed by atoms with E-state index in [2.05, 4.69) is 51.2 Å². The fourth-order valence-corrected chi connectivity index (χ4v) is 2.03. The first-order valence-electron chi connectivity index (χ1n) is 3.88. The molecule has 0 aliphatic carbocycles. The van der Waals surface area contributed by atoms with E-state index in [-0.39, 0.29) is 6.04 Å². The van der Waals surface area contributed by atoms with Gasteiger partial charge in [0.2, 0.25) is 0 Å². The highest BCUT2D eigenvalue weighted by Gasteiger charge is 2.10. The monoisotopic (exact) mass is 351 g/mol. The molecular formula is C10H11BrIN. The second kappa shape index (κ2) is 4.57. The lowest BCUT2D eigenvalue weighted by atomic mass is 10.0. The Kier molecular flexibility index (Phi) is 3.94. The molecule has 1 aromatic carbocycles. The number of benzene rings is 1. The number of rotatable bonds is 2. The summed E-state index contributed by atoms with van der Waals surface area (Å²) in [5, 5.41) is 0. The second-order valence-electron chi connectivity index (χ2n) is 2.99. The minimum absolute atomic E-state index is 0.0795. The van der Waals surface area contributed by atoms with Crippen LogP contribution in [0.3, 0.4) is 0 Å². The molecular weight excluding hydrogens is 341 g/mol. The van der Waals surface area contributed by atoms with Crippen molar-refractivity contribution in [2.45, 2.75) is 13.0 Å². The SMILES string of the molecule is C=C(C)C(N)c1cc(I)ccc1Br. The van der Waals surface area contributed by atoms with Crippen molar-refractivity contribution < 1.29 is 0 Å². The van der Waals surface area contributed by atoms with E-state index in [0.29, 0.717) is 0 Å². The van der Waals surface area contributed by atoms with Crippen molar-refractivity contribution >= 4 is 38.5 Å². The number of hydrogen-bond acceptors (Lipinski definition) is 1. The van der Waals surface area contributed by atoms with Gasteiger partial charge in [-0.2, -0.15) is 0 Å². The molecule has 0 heterocycles. The van der Waals surface area contributed by atoms with Crippen LogP contribution in [0.15, 0.2) is 34.8 Å². The molecule has 0 aliphatic rings. The fourth-order valence-electron chi connectivity index (χ4n) is 1.02. The van der Waals surface area contributed by atoms with Gasteiger partial charge in [-0.1, -0.05) is 28.1 Å². The Hall–Kier alpha value is 0.130. The smallest absolute Gasteiger partial charge is 0.0517 e. The van der Waals surface area contributed by atoms with Gasteiger partial charge in [-0.05, 0) is 53.3 Å². The predicted molar refractivity (Wildman–Crippen MR) is 68.6 cm³/mol. The molecule has 1 unspecified atom stereocenters. The standard InChI is InChI=1S/C10H11BrIN/c1-6(2)10(13)8-5-7(12)3-4-9(8)11/h3-5,10H,1,13H2,2H3. The summed E-state index contributed by atoms with van der Waals surface area (Å²) >= 11 is 5.75. The average molecular weight is 352 g/mol. The van der Waals surface area contributed by atoms with Crippen LogP contribution >= 0.6 is 38.5 Å². The molecule has 0 amide bonds. The third kappa shape index (κ3) is 2.79. The summed E-state index contributed by atoms with van der Waals surface area (Å²) in [4.78, 5) is 0. The van der Waals surface area contributed by atoms with Crippen LogP contribution in [0.1, 0.15) is 18.5 Å². The van der Waals surface area contributed by atoms with Crippen LogP contribution in [0, 0.1) is 3.57 Å². The minimum Gasteiger partial charge on any atom is -0.321 e. The number of nitrogens with two attached hydrogens (primary N) is 1. The summed E-state index contributed by atoms with van der Waals surface area (Å²) in [5.74, 6) is 0. The van der Waals surface area contributed by atoms with Crippen LogP contribution in [0.25, 0.3) is 0 Å². The molecule has 70 valence electrons. The van der Waals surface area contributed by atoms with Gasteiger partial charge in [-0.25, -0.2) is 0 Å². The molecule has 0 spiro atoms. The summed E-state index contributed by atoms with van der Waals surface area (Å²) in [6.45, 7) is 5.80. The van der Waals surface area contributed by atoms with Crippen LogP contribution in [0.2, 0.25) is 0 Å². The highest BCUT2D eigenvalue weighted by Crippen LogP contribution is 2.27. The third-order valence-electron chi connectivity index (χ3n) is 1.82. The van der Waals surface area contributed by atoms with Gasteiger partial charge in [-0.3, -0.25) is 0 Å². The van der Waals surface area contributed by atoms with E-state index < -0.39 is 0 Å². The summed E-state index contributed by atoms with van der Waals surface area (Å²) in [6.07, 6.45) is 0. The molecule has 0 aromatic heterocycles. The highest BCUT2D eigenvalue weighted by atomic mass is 127. The molecule has 1 aromatic rings. The lowest BCUT2D eigenvalue weighted by Crippen LogP contribution is -2.11. The van der Waals surface area contributed by atoms with Crippen molar-refractivity contribution in [2.75, 3.05) is 0 Å². The van der Waals surface area contributed by atoms with E-state index in [1.807, 2.05) is 19.1 Å². The fraction of sp³-hybridized carbons (Fsp3) is 0.200. The summed E-state index contributed by atoms with van der Waals surface area (Å²) in [6, 6.07) is 6.05. The molecule has 0 saturated carbocycles. The molecule has 1 atom stereocenters. The molecule has 0 bridgehead atoms. The lowest BCUT2D eigenvalue weighted by Gasteiger charge is -2.13. The largest absolute Gasteiger partial charge is 0.321 e. The summed E-state index contributed by atoms with van der Waals surface area (Å²) in [7, 11) is 0. The Labute approximate surface area is 101 Å². The lowest BCUT2D eigenvalue weighted by molar-refractivity contribution is 0.844. The first kappa shape index (κ1) is 11.2. The zero-order valence-electron chi connectivity index (χ0n) is 7.35. The van der Waals surface area contributed by atoms with Crippen LogP contribution < -0.4 is 5.73 Å². The second-order valence-corrected chi connectivity index (χ2v) is 5.09. The first-order chi connectivity index (χ1) is 6.02. The maximum atomic E-state index is 5.97. The molecule has 13 heavy (non-hydrogen) atoms. The molecule has 3 heteroatoms. The van der Waals surface area contributed by atoms with Gasteiger partial charge in [0.25, 0.3) is 0 Å². The normalized spacial score (nSPS) is 12.6. The minimum atomic E-state index is -0.0795. The van der Waals surface area contributed by atoms with Crippen LogP contribution in [0.4, 0.5) is 0 Å². The van der Waals surface area contributed by atoms with Crippen molar-refractivity contribution in [2.24, 2.45) is 5.73 Å². The summed E-state index contributed by atoms with van der Waals surface area (Å²) < 4.78 is 2.23. The van der Waals surface area contributed by atoms with Gasteiger partial charge >= 0.3 is 0 Å². The van der Waals surface area contributed by atoms with E-state index in [0.717, 1.165) is 15.6 Å². The Morgan fingerprint density at radius 2 is 2.23 bits per heavy atom. The number of hydrogen-bond donors (Lipinski definition) is 1. The van der Waals surface area contributed by atoms with Crippen LogP contribution in [-0.2, 0) is 0 Å². The van der Waals surface area contributed by atoms with Gasteiger partial charge in [0.15, 0.2) is 0 Å². The molecule has 0 saturated heterocycles. The van der Waals surface area contributed by atoms with Crippen molar-refractivity contribution in [3.63, 3.8) is 0 Å². The third-order valence-corrected chi connectivity index (χ3v) is 3.22. The maximum absolute atomic E-state index is 5.97. The van der Waals surface area contributed by atoms with Gasteiger partial charge < -0.3 is 5.73 Å². The Balaban J connectivity index is 3.12. The molecule has 0 radical (unpaired) electrons. The van der Waals surface area contributed by atoms with Gasteiger partial charge in [0.05, 0.1) is 6.04 Å². The Morgan fingerprint density at radius 3 is 2.77 bits per heavy atom. The van der Waals surface area contributed by atoms with Crippen LogP contribution in [0.5, 0.6) is 0 Å².